The van der Waals surface area contributed by atoms with Crippen molar-refractivity contribution < 1.29 is 4.79 Å². The molecule has 2 aliphatic rings. The van der Waals surface area contributed by atoms with Gasteiger partial charge in [0.1, 0.15) is 17.8 Å². The molecule has 4 heterocycles. The minimum atomic E-state index is -0.109. The van der Waals surface area contributed by atoms with Gasteiger partial charge in [0.25, 0.3) is 5.56 Å². The first-order valence-corrected chi connectivity index (χ1v) is 11.7. The van der Waals surface area contributed by atoms with Gasteiger partial charge in [-0.1, -0.05) is 12.8 Å². The van der Waals surface area contributed by atoms with E-state index in [1.165, 1.54) is 0 Å². The molecule has 1 aliphatic carbocycles. The van der Waals surface area contributed by atoms with Gasteiger partial charge >= 0.3 is 0 Å². The number of fused-ring (bicyclic) bond motifs is 1. The maximum Gasteiger partial charge on any atom is 0.256 e. The molecule has 2 fully saturated rings. The van der Waals surface area contributed by atoms with E-state index in [0.717, 1.165) is 74.8 Å². The fourth-order valence-electron chi connectivity index (χ4n) is 4.96. The van der Waals surface area contributed by atoms with E-state index in [1.54, 1.807) is 10.8 Å². The second-order valence-corrected chi connectivity index (χ2v) is 8.78. The van der Waals surface area contributed by atoms with Crippen molar-refractivity contribution in [1.82, 2.24) is 24.8 Å². The third-order valence-electron chi connectivity index (χ3n) is 6.78. The number of carbonyl (C=O) groups is 1. The van der Waals surface area contributed by atoms with Gasteiger partial charge in [0.15, 0.2) is 0 Å². The van der Waals surface area contributed by atoms with E-state index in [2.05, 4.69) is 25.5 Å². The molecule has 9 heteroatoms. The Balaban J connectivity index is 1.49. The number of rotatable bonds is 6. The van der Waals surface area contributed by atoms with Crippen molar-refractivity contribution >= 4 is 34.8 Å². The second-order valence-electron chi connectivity index (χ2n) is 8.78. The Morgan fingerprint density at radius 2 is 1.94 bits per heavy atom. The zero-order chi connectivity index (χ0) is 22.8. The number of hydrogen-bond donors (Lipinski definition) is 2. The monoisotopic (exact) mass is 447 g/mol. The molecule has 3 aromatic heterocycles. The van der Waals surface area contributed by atoms with Crippen LogP contribution in [0.1, 0.15) is 42.9 Å². The average molecular weight is 448 g/mol. The van der Waals surface area contributed by atoms with Crippen molar-refractivity contribution in [3.8, 4) is 0 Å². The Labute approximate surface area is 192 Å². The summed E-state index contributed by atoms with van der Waals surface area (Å²) < 4.78 is 1.79. The van der Waals surface area contributed by atoms with Crippen molar-refractivity contribution in [3.63, 3.8) is 0 Å². The van der Waals surface area contributed by atoms with E-state index in [0.29, 0.717) is 23.0 Å². The number of piperazine rings is 1. The number of hydrogen-bond acceptors (Lipinski definition) is 8. The standard InChI is InChI=1S/C24H29N7O2/c1-16-19(8-13-32)23(33)31(17-4-2-3-5-17)22-20(16)15-27-24(29-22)28-21-7-6-18(14-26-21)30-11-9-25-10-12-30/h6-7,13-15,17,25H,2-5,8-12H2,1H3,(H,26,27,28,29). The van der Waals surface area contributed by atoms with Gasteiger partial charge in [-0.2, -0.15) is 4.98 Å². The molecule has 1 saturated heterocycles. The number of aryl methyl sites for hydroxylation is 1. The van der Waals surface area contributed by atoms with Crippen molar-refractivity contribution in [2.45, 2.75) is 45.1 Å². The van der Waals surface area contributed by atoms with Crippen LogP contribution in [0, 0.1) is 6.92 Å². The first kappa shape index (κ1) is 21.5. The highest BCUT2D eigenvalue weighted by atomic mass is 16.1. The first-order valence-electron chi connectivity index (χ1n) is 11.7. The highest BCUT2D eigenvalue weighted by Gasteiger charge is 2.24. The number of nitrogens with one attached hydrogen (secondary N) is 2. The van der Waals surface area contributed by atoms with Crippen LogP contribution in [0.3, 0.4) is 0 Å². The lowest BCUT2D eigenvalue weighted by Gasteiger charge is -2.29. The highest BCUT2D eigenvalue weighted by molar-refractivity contribution is 5.81. The van der Waals surface area contributed by atoms with Crippen molar-refractivity contribution in [1.29, 1.82) is 0 Å². The van der Waals surface area contributed by atoms with Gasteiger partial charge in [-0.3, -0.25) is 9.36 Å². The lowest BCUT2D eigenvalue weighted by atomic mass is 10.0. The predicted octanol–water partition coefficient (Wildman–Crippen LogP) is 2.50. The van der Waals surface area contributed by atoms with Crippen molar-refractivity contribution in [2.24, 2.45) is 0 Å². The summed E-state index contributed by atoms with van der Waals surface area (Å²) in [5.41, 5.74) is 2.92. The summed E-state index contributed by atoms with van der Waals surface area (Å²) in [5.74, 6) is 1.05. The Morgan fingerprint density at radius 1 is 1.15 bits per heavy atom. The third-order valence-corrected chi connectivity index (χ3v) is 6.78. The van der Waals surface area contributed by atoms with Crippen molar-refractivity contribution in [2.75, 3.05) is 36.4 Å². The van der Waals surface area contributed by atoms with Crippen LogP contribution in [-0.2, 0) is 11.2 Å². The van der Waals surface area contributed by atoms with Gasteiger partial charge in [-0.15, -0.1) is 0 Å². The van der Waals surface area contributed by atoms with Crippen LogP contribution in [0.2, 0.25) is 0 Å². The van der Waals surface area contributed by atoms with Gasteiger partial charge < -0.3 is 20.3 Å². The normalized spacial score (nSPS) is 16.9. The highest BCUT2D eigenvalue weighted by Crippen LogP contribution is 2.32. The maximum atomic E-state index is 13.3. The molecule has 3 aromatic rings. The molecule has 33 heavy (non-hydrogen) atoms. The molecule has 0 bridgehead atoms. The van der Waals surface area contributed by atoms with Crippen LogP contribution in [0.25, 0.3) is 11.0 Å². The Morgan fingerprint density at radius 3 is 2.64 bits per heavy atom. The van der Waals surface area contributed by atoms with Crippen LogP contribution in [-0.4, -0.2) is 52.0 Å². The fraction of sp³-hybridized carbons (Fsp3) is 0.458. The SMILES string of the molecule is Cc1c(CC=O)c(=O)n(C2CCCC2)c2nc(Nc3ccc(N4CCNCC4)cn3)ncc12. The molecule has 2 N–H and O–H groups in total. The Kier molecular flexibility index (Phi) is 6.04. The van der Waals surface area contributed by atoms with E-state index in [9.17, 15) is 9.59 Å². The minimum absolute atomic E-state index is 0.102. The van der Waals surface area contributed by atoms with Crippen LogP contribution in [0.4, 0.5) is 17.5 Å². The molecule has 0 amide bonds. The summed E-state index contributed by atoms with van der Waals surface area (Å²) in [6.45, 7) is 5.75. The van der Waals surface area contributed by atoms with E-state index in [-0.39, 0.29) is 18.0 Å². The summed E-state index contributed by atoms with van der Waals surface area (Å²) in [4.78, 5) is 40.6. The molecule has 0 spiro atoms. The summed E-state index contributed by atoms with van der Waals surface area (Å²) in [6.07, 6.45) is 8.58. The zero-order valence-electron chi connectivity index (χ0n) is 18.9. The lowest BCUT2D eigenvalue weighted by molar-refractivity contribution is -0.107. The van der Waals surface area contributed by atoms with Crippen molar-refractivity contribution in [3.05, 3.63) is 46.0 Å². The number of aromatic nitrogens is 4. The van der Waals surface area contributed by atoms with E-state index < -0.39 is 0 Å². The van der Waals surface area contributed by atoms with Gasteiger partial charge in [-0.05, 0) is 37.5 Å². The maximum absolute atomic E-state index is 13.3. The molecule has 0 aromatic carbocycles. The lowest BCUT2D eigenvalue weighted by Crippen LogP contribution is -2.43. The molecule has 5 rings (SSSR count). The number of nitrogens with zero attached hydrogens (tertiary/aromatic N) is 5. The summed E-state index contributed by atoms with van der Waals surface area (Å²) in [6, 6.07) is 4.07. The average Bonchev–Trinajstić information content (AvgIpc) is 3.37. The second kappa shape index (κ2) is 9.27. The summed E-state index contributed by atoms with van der Waals surface area (Å²) in [5, 5.41) is 7.35. The fourth-order valence-corrected chi connectivity index (χ4v) is 4.96. The molecule has 9 nitrogen and oxygen atoms in total. The first-order chi connectivity index (χ1) is 16.2. The number of pyridine rings is 2. The predicted molar refractivity (Wildman–Crippen MR) is 128 cm³/mol. The number of aldehydes is 1. The van der Waals surface area contributed by atoms with Crippen LogP contribution in [0.5, 0.6) is 0 Å². The molecular weight excluding hydrogens is 418 g/mol. The van der Waals surface area contributed by atoms with Gasteiger partial charge in [0.2, 0.25) is 5.95 Å². The van der Waals surface area contributed by atoms with Gasteiger partial charge in [0.05, 0.1) is 11.9 Å². The van der Waals surface area contributed by atoms with Crippen LogP contribution in [0.15, 0.2) is 29.3 Å². The van der Waals surface area contributed by atoms with E-state index in [1.807, 2.05) is 25.3 Å². The number of anilines is 3. The third kappa shape index (κ3) is 4.20. The molecule has 0 unspecified atom stereocenters. The van der Waals surface area contributed by atoms with Crippen LogP contribution >= 0.6 is 0 Å². The number of carbonyl (C=O) groups excluding carboxylic acids is 1. The molecule has 1 aliphatic heterocycles. The molecule has 0 radical (unpaired) electrons. The summed E-state index contributed by atoms with van der Waals surface area (Å²) in [7, 11) is 0. The van der Waals surface area contributed by atoms with Crippen LogP contribution < -0.4 is 21.1 Å². The smallest absolute Gasteiger partial charge is 0.256 e. The van der Waals surface area contributed by atoms with Gasteiger partial charge in [-0.25, -0.2) is 9.97 Å². The molecule has 1 saturated carbocycles. The van der Waals surface area contributed by atoms with E-state index >= 15 is 0 Å². The molecule has 0 atom stereocenters. The van der Waals surface area contributed by atoms with E-state index in [4.69, 9.17) is 4.98 Å². The largest absolute Gasteiger partial charge is 0.368 e. The Hall–Kier alpha value is -3.33. The zero-order valence-corrected chi connectivity index (χ0v) is 18.9. The molecular formula is C24H29N7O2. The van der Waals surface area contributed by atoms with Gasteiger partial charge in [0, 0.05) is 55.8 Å². The quantitative estimate of drug-likeness (QED) is 0.556. The molecule has 172 valence electrons. The summed E-state index contributed by atoms with van der Waals surface area (Å²) >= 11 is 0. The Bertz CT molecular complexity index is 1210. The minimum Gasteiger partial charge on any atom is -0.368 e. The topological polar surface area (TPSA) is 105 Å².